The molecule has 0 fully saturated rings. The van der Waals surface area contributed by atoms with Crippen LogP contribution in [0.25, 0.3) is 0 Å². The molecule has 2 aromatic heterocycles. The first kappa shape index (κ1) is 34.4. The zero-order valence-corrected chi connectivity index (χ0v) is 26.7. The average Bonchev–Trinajstić information content (AvgIpc) is 3.80. The van der Waals surface area contributed by atoms with E-state index in [2.05, 4.69) is 0 Å². The van der Waals surface area contributed by atoms with Crippen LogP contribution >= 0.6 is 22.7 Å². The van der Waals surface area contributed by atoms with Gasteiger partial charge in [-0.15, -0.1) is 22.7 Å². The van der Waals surface area contributed by atoms with E-state index in [1.54, 1.807) is 77.9 Å². The lowest BCUT2D eigenvalue weighted by atomic mass is 10.1. The molecule has 0 saturated heterocycles. The standard InChI is InChI=1S/C24H22N4O4S2.C9H8O4/c25-28(23(31)17-5-1-9-26(13-17)15-19(29)21-7-3-11-33-21)24(32)18-6-2-10-27(14-18)16-20(30)22-8-4-12-34-22;1-5-2-3-6(8(10)11)4-7(5)9(12)13/h1-4,7-14H,5-6,15-16,25H2;2-4H,1H3,(H,10,11)(H,12,13). The Balaban J connectivity index is 0.000000323. The molecule has 0 spiro atoms. The maximum atomic E-state index is 12.9. The molecule has 0 aliphatic carbocycles. The van der Waals surface area contributed by atoms with Gasteiger partial charge in [-0.25, -0.2) is 20.4 Å². The van der Waals surface area contributed by atoms with E-state index in [4.69, 9.17) is 16.1 Å². The summed E-state index contributed by atoms with van der Waals surface area (Å²) in [5.74, 6) is 2.26. The van der Waals surface area contributed by atoms with Crippen LogP contribution in [0.4, 0.5) is 0 Å². The van der Waals surface area contributed by atoms with E-state index in [0.717, 1.165) is 6.07 Å². The van der Waals surface area contributed by atoms with Crippen molar-refractivity contribution in [3.8, 4) is 0 Å². The number of imide groups is 1. The highest BCUT2D eigenvalue weighted by Gasteiger charge is 2.27. The molecule has 0 unspecified atom stereocenters. The van der Waals surface area contributed by atoms with Crippen LogP contribution in [-0.4, -0.2) is 73.4 Å². The van der Waals surface area contributed by atoms with Crippen LogP contribution in [0, 0.1) is 6.92 Å². The van der Waals surface area contributed by atoms with Gasteiger partial charge in [0.2, 0.25) is 0 Å². The predicted octanol–water partition coefficient (Wildman–Crippen LogP) is 4.70. The van der Waals surface area contributed by atoms with Crippen LogP contribution in [0.3, 0.4) is 0 Å². The molecule has 4 heterocycles. The van der Waals surface area contributed by atoms with Crippen molar-refractivity contribution in [2.75, 3.05) is 13.1 Å². The number of aromatic carboxylic acids is 2. The van der Waals surface area contributed by atoms with Crippen molar-refractivity contribution in [2.45, 2.75) is 19.8 Å². The van der Waals surface area contributed by atoms with Gasteiger partial charge in [-0.05, 0) is 60.4 Å². The number of carboxylic acids is 2. The van der Waals surface area contributed by atoms with Gasteiger partial charge in [-0.3, -0.25) is 19.2 Å². The molecule has 12 nitrogen and oxygen atoms in total. The summed E-state index contributed by atoms with van der Waals surface area (Å²) in [5.41, 5.74) is 1.17. The molecule has 5 rings (SSSR count). The number of hydrogen-bond acceptors (Lipinski definition) is 11. The first-order valence-electron chi connectivity index (χ1n) is 14.0. The number of rotatable bonds is 10. The summed E-state index contributed by atoms with van der Waals surface area (Å²) in [6, 6.07) is 11.1. The van der Waals surface area contributed by atoms with Gasteiger partial charge in [0.15, 0.2) is 11.6 Å². The molecule has 2 aliphatic heterocycles. The largest absolute Gasteiger partial charge is 0.478 e. The molecule has 2 aliphatic rings. The van der Waals surface area contributed by atoms with Gasteiger partial charge < -0.3 is 20.0 Å². The number of ketones is 2. The number of benzene rings is 1. The Hall–Kier alpha value is -5.44. The number of nitrogens with zero attached hydrogens (tertiary/aromatic N) is 3. The maximum absolute atomic E-state index is 12.9. The topological polar surface area (TPSA) is 179 Å². The zero-order chi connectivity index (χ0) is 34.1. The van der Waals surface area contributed by atoms with Gasteiger partial charge in [-0.1, -0.05) is 30.4 Å². The minimum atomic E-state index is -1.12. The van der Waals surface area contributed by atoms with E-state index in [9.17, 15) is 28.8 Å². The van der Waals surface area contributed by atoms with Crippen LogP contribution in [0.2, 0.25) is 0 Å². The summed E-state index contributed by atoms with van der Waals surface area (Å²) < 4.78 is 0. The Bertz CT molecular complexity index is 1710. The number of carboxylic acid groups (broad SMARTS) is 2. The molecule has 1 aromatic carbocycles. The monoisotopic (exact) mass is 674 g/mol. The number of allylic oxidation sites excluding steroid dienone is 2. The number of Topliss-reactive ketones (excluding diaryl/α,β-unsaturated/α-hetero) is 2. The second-order valence-electron chi connectivity index (χ2n) is 10.3. The summed E-state index contributed by atoms with van der Waals surface area (Å²) in [5, 5.41) is 21.5. The molecule has 0 radical (unpaired) electrons. The normalized spacial score (nSPS) is 13.6. The molecule has 0 atom stereocenters. The van der Waals surface area contributed by atoms with Gasteiger partial charge in [0.05, 0.1) is 34.0 Å². The lowest BCUT2D eigenvalue weighted by molar-refractivity contribution is -0.140. The molecular formula is C33H30N4O8S2. The summed E-state index contributed by atoms with van der Waals surface area (Å²) in [6.07, 6.45) is 10.6. The highest BCUT2D eigenvalue weighted by atomic mass is 32.1. The highest BCUT2D eigenvalue weighted by molar-refractivity contribution is 7.12. The Morgan fingerprint density at radius 2 is 1.26 bits per heavy atom. The maximum Gasteiger partial charge on any atom is 0.335 e. The molecule has 0 bridgehead atoms. The van der Waals surface area contributed by atoms with Crippen LogP contribution < -0.4 is 5.84 Å². The number of amides is 2. The van der Waals surface area contributed by atoms with Crippen molar-refractivity contribution in [1.82, 2.24) is 14.8 Å². The molecule has 0 saturated carbocycles. The third-order valence-electron chi connectivity index (χ3n) is 6.86. The summed E-state index contributed by atoms with van der Waals surface area (Å²) in [4.78, 5) is 76.2. The van der Waals surface area contributed by atoms with Crippen molar-refractivity contribution in [3.63, 3.8) is 0 Å². The number of carbonyl (C=O) groups is 6. The highest BCUT2D eigenvalue weighted by Crippen LogP contribution is 2.20. The van der Waals surface area contributed by atoms with Crippen LogP contribution in [-0.2, 0) is 9.59 Å². The summed E-state index contributed by atoms with van der Waals surface area (Å²) in [7, 11) is 0. The minimum Gasteiger partial charge on any atom is -0.478 e. The number of carbonyl (C=O) groups excluding carboxylic acids is 4. The Kier molecular flexibility index (Phi) is 11.5. The predicted molar refractivity (Wildman–Crippen MR) is 176 cm³/mol. The fourth-order valence-electron chi connectivity index (χ4n) is 4.45. The minimum absolute atomic E-state index is 0.0111. The van der Waals surface area contributed by atoms with Crippen molar-refractivity contribution in [3.05, 3.63) is 128 Å². The number of thiophene rings is 2. The van der Waals surface area contributed by atoms with Crippen molar-refractivity contribution >= 4 is 58.0 Å². The van der Waals surface area contributed by atoms with E-state index < -0.39 is 23.8 Å². The number of aryl methyl sites for hydroxylation is 1. The van der Waals surface area contributed by atoms with Gasteiger partial charge in [0.1, 0.15) is 0 Å². The molecule has 2 amide bonds. The number of nitrogens with two attached hydrogens (primary N) is 1. The second-order valence-corrected chi connectivity index (χ2v) is 12.1. The van der Waals surface area contributed by atoms with Gasteiger partial charge >= 0.3 is 11.9 Å². The van der Waals surface area contributed by atoms with Gasteiger partial charge in [-0.2, -0.15) is 0 Å². The lowest BCUT2D eigenvalue weighted by Gasteiger charge is -2.25. The van der Waals surface area contributed by atoms with E-state index >= 15 is 0 Å². The van der Waals surface area contributed by atoms with Crippen molar-refractivity contribution in [2.24, 2.45) is 5.84 Å². The van der Waals surface area contributed by atoms with Gasteiger partial charge in [0, 0.05) is 35.9 Å². The molecular weight excluding hydrogens is 645 g/mol. The van der Waals surface area contributed by atoms with Crippen LogP contribution in [0.1, 0.15) is 58.5 Å². The molecule has 47 heavy (non-hydrogen) atoms. The quantitative estimate of drug-likeness (QED) is 0.0892. The van der Waals surface area contributed by atoms with Crippen LogP contribution in [0.15, 0.2) is 101 Å². The summed E-state index contributed by atoms with van der Waals surface area (Å²) in [6.45, 7) is 1.78. The fourth-order valence-corrected chi connectivity index (χ4v) is 5.77. The number of hydrogen-bond donors (Lipinski definition) is 3. The number of hydrazine groups is 1. The average molecular weight is 675 g/mol. The fraction of sp³-hybridized carbons (Fsp3) is 0.152. The van der Waals surface area contributed by atoms with Crippen molar-refractivity contribution in [1.29, 1.82) is 0 Å². The summed E-state index contributed by atoms with van der Waals surface area (Å²) >= 11 is 2.71. The Morgan fingerprint density at radius 3 is 1.66 bits per heavy atom. The van der Waals surface area contributed by atoms with E-state index in [1.165, 1.54) is 34.8 Å². The van der Waals surface area contributed by atoms with E-state index in [-0.39, 0.29) is 35.8 Å². The first-order chi connectivity index (χ1) is 22.4. The third-order valence-corrected chi connectivity index (χ3v) is 8.68. The molecule has 242 valence electrons. The van der Waals surface area contributed by atoms with Crippen LogP contribution in [0.5, 0.6) is 0 Å². The van der Waals surface area contributed by atoms with Gasteiger partial charge in [0.25, 0.3) is 11.8 Å². The lowest BCUT2D eigenvalue weighted by Crippen LogP contribution is -2.45. The third kappa shape index (κ3) is 9.07. The first-order valence-corrected chi connectivity index (χ1v) is 15.8. The Morgan fingerprint density at radius 1 is 0.766 bits per heavy atom. The molecule has 4 N–H and O–H groups in total. The second kappa shape index (κ2) is 15.7. The smallest absolute Gasteiger partial charge is 0.335 e. The zero-order valence-electron chi connectivity index (χ0n) is 25.1. The van der Waals surface area contributed by atoms with Crippen molar-refractivity contribution < 1.29 is 39.0 Å². The van der Waals surface area contributed by atoms with E-state index in [1.807, 2.05) is 10.8 Å². The SMILES string of the molecule is Cc1ccc(C(=O)O)cc1C(=O)O.NN(C(=O)C1=CN(CC(=O)c2cccs2)C=CC1)C(=O)C1=CN(CC(=O)c2cccs2)C=CC1. The molecule has 3 aromatic rings. The Labute approximate surface area is 277 Å². The molecule has 14 heteroatoms. The van der Waals surface area contributed by atoms with E-state index in [0.29, 0.717) is 44.3 Å².